The Morgan fingerprint density at radius 2 is 2.00 bits per heavy atom. The molecule has 1 aromatic carbocycles. The van der Waals surface area contributed by atoms with Crippen LogP contribution in [0.5, 0.6) is 5.75 Å². The number of likely N-dealkylation sites (tertiary alicyclic amines) is 1. The van der Waals surface area contributed by atoms with Gasteiger partial charge in [-0.2, -0.15) is 0 Å². The summed E-state index contributed by atoms with van der Waals surface area (Å²) in [6.07, 6.45) is 5.76. The predicted molar refractivity (Wildman–Crippen MR) is 108 cm³/mol. The molecule has 0 bridgehead atoms. The first-order valence-electron chi connectivity index (χ1n) is 9.99. The first-order chi connectivity index (χ1) is 14.0. The number of ether oxygens (including phenoxy) is 1. The van der Waals surface area contributed by atoms with Crippen LogP contribution in [-0.4, -0.2) is 39.3 Å². The predicted octanol–water partition coefficient (Wildman–Crippen LogP) is 3.63. The van der Waals surface area contributed by atoms with Gasteiger partial charge in [-0.1, -0.05) is 13.3 Å². The number of hydrogen-bond acceptors (Lipinski definition) is 5. The molecule has 2 aliphatic heterocycles. The van der Waals surface area contributed by atoms with Gasteiger partial charge >= 0.3 is 0 Å². The minimum absolute atomic E-state index is 0.0823. The zero-order valence-corrected chi connectivity index (χ0v) is 16.6. The lowest BCUT2D eigenvalue weighted by Gasteiger charge is -2.25. The van der Waals surface area contributed by atoms with Crippen molar-refractivity contribution in [1.82, 2.24) is 9.88 Å². The van der Waals surface area contributed by atoms with E-state index in [1.807, 2.05) is 26.0 Å². The minimum atomic E-state index is -0.648. The first-order valence-corrected chi connectivity index (χ1v) is 9.99. The Morgan fingerprint density at radius 1 is 1.24 bits per heavy atom. The van der Waals surface area contributed by atoms with Crippen LogP contribution < -0.4 is 4.74 Å². The molecule has 2 atom stereocenters. The molecule has 2 aliphatic rings. The van der Waals surface area contributed by atoms with E-state index in [-0.39, 0.29) is 17.4 Å². The Bertz CT molecular complexity index is 984. The highest BCUT2D eigenvalue weighted by atomic mass is 16.5. The Hall–Kier alpha value is -3.15. The van der Waals surface area contributed by atoms with E-state index < -0.39 is 17.7 Å². The van der Waals surface area contributed by atoms with Crippen LogP contribution in [-0.2, 0) is 16.0 Å². The number of aliphatic hydroxyl groups is 1. The van der Waals surface area contributed by atoms with Crippen LogP contribution in [0.2, 0.25) is 0 Å². The molecule has 0 radical (unpaired) electrons. The third-order valence-corrected chi connectivity index (χ3v) is 5.48. The van der Waals surface area contributed by atoms with E-state index in [2.05, 4.69) is 4.98 Å². The number of unbranched alkanes of at least 4 members (excludes halogenated alkanes) is 1. The zero-order chi connectivity index (χ0) is 20.5. The van der Waals surface area contributed by atoms with Gasteiger partial charge in [-0.25, -0.2) is 0 Å². The van der Waals surface area contributed by atoms with E-state index in [4.69, 9.17) is 4.74 Å². The van der Waals surface area contributed by atoms with Crippen LogP contribution in [0.4, 0.5) is 0 Å². The Morgan fingerprint density at radius 3 is 2.72 bits per heavy atom. The van der Waals surface area contributed by atoms with Gasteiger partial charge in [-0.3, -0.25) is 14.6 Å². The van der Waals surface area contributed by atoms with Crippen molar-refractivity contribution in [2.45, 2.75) is 45.3 Å². The maximum Gasteiger partial charge on any atom is 0.295 e. The molecule has 6 heteroatoms. The second-order valence-corrected chi connectivity index (χ2v) is 7.58. The summed E-state index contributed by atoms with van der Waals surface area (Å²) in [5, 5.41) is 11.1. The summed E-state index contributed by atoms with van der Waals surface area (Å²) in [4.78, 5) is 31.3. The SMILES string of the molecule is CCCCN1C(=O)C(=O)/C(=C(\O)c2ccc3c(c2)CC(C)O3)C1c1ccncc1. The highest BCUT2D eigenvalue weighted by molar-refractivity contribution is 6.46. The van der Waals surface area contributed by atoms with Gasteiger partial charge in [0.2, 0.25) is 0 Å². The van der Waals surface area contributed by atoms with Crippen LogP contribution in [0.3, 0.4) is 0 Å². The number of carbonyl (C=O) groups is 2. The highest BCUT2D eigenvalue weighted by Gasteiger charge is 2.45. The number of aliphatic hydroxyl groups excluding tert-OH is 1. The summed E-state index contributed by atoms with van der Waals surface area (Å²) in [7, 11) is 0. The summed E-state index contributed by atoms with van der Waals surface area (Å²) in [6, 6.07) is 8.32. The van der Waals surface area contributed by atoms with Crippen molar-refractivity contribution >= 4 is 17.4 Å². The highest BCUT2D eigenvalue weighted by Crippen LogP contribution is 2.40. The fourth-order valence-electron chi connectivity index (χ4n) is 4.06. The van der Waals surface area contributed by atoms with E-state index in [9.17, 15) is 14.7 Å². The Balaban J connectivity index is 1.82. The van der Waals surface area contributed by atoms with Crippen LogP contribution in [0, 0.1) is 0 Å². The van der Waals surface area contributed by atoms with Crippen LogP contribution in [0.15, 0.2) is 48.3 Å². The van der Waals surface area contributed by atoms with Gasteiger partial charge in [0.25, 0.3) is 11.7 Å². The van der Waals surface area contributed by atoms with Crippen LogP contribution in [0.1, 0.15) is 49.4 Å². The molecule has 0 aliphatic carbocycles. The summed E-state index contributed by atoms with van der Waals surface area (Å²) in [5.74, 6) is -0.569. The van der Waals surface area contributed by atoms with E-state index >= 15 is 0 Å². The topological polar surface area (TPSA) is 79.7 Å². The van der Waals surface area contributed by atoms with Crippen LogP contribution >= 0.6 is 0 Å². The van der Waals surface area contributed by atoms with Gasteiger partial charge in [0, 0.05) is 30.9 Å². The number of nitrogens with zero attached hydrogens (tertiary/aromatic N) is 2. The van der Waals surface area contributed by atoms with E-state index in [0.29, 0.717) is 12.1 Å². The lowest BCUT2D eigenvalue weighted by Crippen LogP contribution is -2.30. The standard InChI is InChI=1S/C23H24N2O4/c1-3-4-11-25-20(15-7-9-24-10-8-15)19(22(27)23(25)28)21(26)16-5-6-18-17(13-16)12-14(2)29-18/h5-10,13-14,20,26H,3-4,11-12H2,1-2H3/b21-19-. The smallest absolute Gasteiger partial charge is 0.295 e. The molecule has 150 valence electrons. The van der Waals surface area contributed by atoms with Gasteiger partial charge in [0.1, 0.15) is 17.6 Å². The fraction of sp³-hybridized carbons (Fsp3) is 0.348. The molecular formula is C23H24N2O4. The molecule has 1 amide bonds. The van der Waals surface area contributed by atoms with Crippen molar-refractivity contribution < 1.29 is 19.4 Å². The van der Waals surface area contributed by atoms with Crippen molar-refractivity contribution in [3.63, 3.8) is 0 Å². The van der Waals surface area contributed by atoms with Gasteiger partial charge < -0.3 is 14.7 Å². The Labute approximate surface area is 169 Å². The Kier molecular flexibility index (Phi) is 5.09. The number of hydrogen-bond donors (Lipinski definition) is 1. The van der Waals surface area contributed by atoms with Crippen molar-refractivity contribution in [3.05, 3.63) is 65.0 Å². The first kappa shape index (κ1) is 19.2. The van der Waals surface area contributed by atoms with E-state index in [1.54, 1.807) is 35.5 Å². The molecule has 1 N–H and O–H groups in total. The summed E-state index contributed by atoms with van der Waals surface area (Å²) < 4.78 is 5.72. The van der Waals surface area contributed by atoms with Crippen molar-refractivity contribution in [2.75, 3.05) is 6.54 Å². The van der Waals surface area contributed by atoms with Gasteiger partial charge in [0.15, 0.2) is 0 Å². The van der Waals surface area contributed by atoms with Crippen molar-refractivity contribution in [2.24, 2.45) is 0 Å². The lowest BCUT2D eigenvalue weighted by molar-refractivity contribution is -0.139. The van der Waals surface area contributed by atoms with Gasteiger partial charge in [0.05, 0.1) is 11.6 Å². The van der Waals surface area contributed by atoms with Crippen molar-refractivity contribution in [1.29, 1.82) is 0 Å². The number of pyridine rings is 1. The average molecular weight is 392 g/mol. The van der Waals surface area contributed by atoms with E-state index in [1.165, 1.54) is 0 Å². The molecule has 1 aromatic heterocycles. The molecular weight excluding hydrogens is 368 g/mol. The number of aromatic nitrogens is 1. The second kappa shape index (κ2) is 7.70. The maximum atomic E-state index is 12.9. The largest absolute Gasteiger partial charge is 0.507 e. The molecule has 1 fully saturated rings. The average Bonchev–Trinajstić information content (AvgIpc) is 3.22. The lowest BCUT2D eigenvalue weighted by atomic mass is 9.95. The third-order valence-electron chi connectivity index (χ3n) is 5.48. The normalized spacial score (nSPS) is 22.6. The molecule has 6 nitrogen and oxygen atoms in total. The van der Waals surface area contributed by atoms with Crippen LogP contribution in [0.25, 0.3) is 5.76 Å². The fourth-order valence-corrected chi connectivity index (χ4v) is 4.06. The number of rotatable bonds is 5. The molecule has 0 spiro atoms. The maximum absolute atomic E-state index is 12.9. The summed E-state index contributed by atoms with van der Waals surface area (Å²) in [5.41, 5.74) is 2.40. The molecule has 3 heterocycles. The number of benzene rings is 1. The molecule has 1 saturated heterocycles. The quantitative estimate of drug-likeness (QED) is 0.478. The number of ketones is 1. The zero-order valence-electron chi connectivity index (χ0n) is 16.6. The summed E-state index contributed by atoms with van der Waals surface area (Å²) in [6.45, 7) is 4.48. The van der Waals surface area contributed by atoms with Gasteiger partial charge in [-0.05, 0) is 54.8 Å². The molecule has 2 aromatic rings. The number of amides is 1. The van der Waals surface area contributed by atoms with Crippen molar-refractivity contribution in [3.8, 4) is 5.75 Å². The van der Waals surface area contributed by atoms with Gasteiger partial charge in [-0.15, -0.1) is 0 Å². The molecule has 2 unspecified atom stereocenters. The number of fused-ring (bicyclic) bond motifs is 1. The van der Waals surface area contributed by atoms with E-state index in [0.717, 1.165) is 36.1 Å². The molecule has 0 saturated carbocycles. The molecule has 4 rings (SSSR count). The number of Topliss-reactive ketones (excluding diaryl/α,β-unsaturated/α-hetero) is 1. The summed E-state index contributed by atoms with van der Waals surface area (Å²) >= 11 is 0. The third kappa shape index (κ3) is 3.39. The minimum Gasteiger partial charge on any atom is -0.507 e. The monoisotopic (exact) mass is 392 g/mol. The second-order valence-electron chi connectivity index (χ2n) is 7.58. The molecule has 29 heavy (non-hydrogen) atoms. The number of carbonyl (C=O) groups excluding carboxylic acids is 2.